The van der Waals surface area contributed by atoms with Crippen LogP contribution in [0.4, 0.5) is 30.4 Å². The molecule has 2 aromatic carbocycles. The van der Waals surface area contributed by atoms with E-state index in [1.54, 1.807) is 24.3 Å². The molecule has 0 bridgehead atoms. The molecule has 1 amide bonds. The van der Waals surface area contributed by atoms with Crippen LogP contribution in [0.2, 0.25) is 0 Å². The molecule has 28 heavy (non-hydrogen) atoms. The van der Waals surface area contributed by atoms with Gasteiger partial charge in [0.25, 0.3) is 5.91 Å². The van der Waals surface area contributed by atoms with E-state index in [0.717, 1.165) is 12.1 Å². The molecule has 0 saturated carbocycles. The number of benzene rings is 2. The predicted molar refractivity (Wildman–Crippen MR) is 98.2 cm³/mol. The molecule has 0 saturated heterocycles. The molecule has 142 valence electrons. The average molecular weight is 385 g/mol. The van der Waals surface area contributed by atoms with Crippen LogP contribution in [-0.4, -0.2) is 16.7 Å². The SMILES string of the molecule is CC(=O)c1ccc(Nc2ccc(C(=O)Nc3ccc(F)c(F)c3F)cn2)cc1. The van der Waals surface area contributed by atoms with Gasteiger partial charge in [0.1, 0.15) is 5.82 Å². The molecular weight excluding hydrogens is 371 g/mol. The van der Waals surface area contributed by atoms with Gasteiger partial charge in [-0.1, -0.05) is 0 Å². The van der Waals surface area contributed by atoms with Crippen LogP contribution in [0.15, 0.2) is 54.7 Å². The summed E-state index contributed by atoms with van der Waals surface area (Å²) in [6, 6.07) is 11.4. The smallest absolute Gasteiger partial charge is 0.257 e. The van der Waals surface area contributed by atoms with E-state index in [1.807, 2.05) is 0 Å². The van der Waals surface area contributed by atoms with Crippen molar-refractivity contribution in [2.75, 3.05) is 10.6 Å². The van der Waals surface area contributed by atoms with E-state index in [-0.39, 0.29) is 11.3 Å². The monoisotopic (exact) mass is 385 g/mol. The molecule has 2 N–H and O–H groups in total. The second kappa shape index (κ2) is 7.91. The summed E-state index contributed by atoms with van der Waals surface area (Å²) in [5, 5.41) is 5.17. The van der Waals surface area contributed by atoms with Gasteiger partial charge < -0.3 is 10.6 Å². The molecule has 3 aromatic rings. The van der Waals surface area contributed by atoms with Gasteiger partial charge in [-0.2, -0.15) is 0 Å². The first-order valence-corrected chi connectivity index (χ1v) is 8.14. The average Bonchev–Trinajstić information content (AvgIpc) is 2.69. The quantitative estimate of drug-likeness (QED) is 0.493. The molecule has 1 aromatic heterocycles. The van der Waals surface area contributed by atoms with Gasteiger partial charge in [-0.15, -0.1) is 0 Å². The summed E-state index contributed by atoms with van der Waals surface area (Å²) in [4.78, 5) is 27.5. The van der Waals surface area contributed by atoms with E-state index in [4.69, 9.17) is 0 Å². The summed E-state index contributed by atoms with van der Waals surface area (Å²) >= 11 is 0. The number of rotatable bonds is 5. The molecule has 3 rings (SSSR count). The van der Waals surface area contributed by atoms with Gasteiger partial charge in [0.2, 0.25) is 0 Å². The Morgan fingerprint density at radius 2 is 1.54 bits per heavy atom. The number of carbonyl (C=O) groups excluding carboxylic acids is 2. The molecule has 0 atom stereocenters. The van der Waals surface area contributed by atoms with Gasteiger partial charge in [-0.25, -0.2) is 18.2 Å². The lowest BCUT2D eigenvalue weighted by Gasteiger charge is -2.09. The fourth-order valence-corrected chi connectivity index (χ4v) is 2.36. The number of pyridine rings is 1. The molecule has 1 heterocycles. The Hall–Kier alpha value is -3.68. The minimum atomic E-state index is -1.66. The lowest BCUT2D eigenvalue weighted by molar-refractivity contribution is 0.101. The number of hydrogen-bond donors (Lipinski definition) is 2. The second-order valence-corrected chi connectivity index (χ2v) is 5.87. The number of halogens is 3. The summed E-state index contributed by atoms with van der Waals surface area (Å²) in [7, 11) is 0. The highest BCUT2D eigenvalue weighted by Gasteiger charge is 2.16. The van der Waals surface area contributed by atoms with E-state index < -0.39 is 29.0 Å². The van der Waals surface area contributed by atoms with Gasteiger partial charge in [0.15, 0.2) is 23.2 Å². The Kier molecular flexibility index (Phi) is 5.39. The van der Waals surface area contributed by atoms with Crippen molar-refractivity contribution in [2.24, 2.45) is 0 Å². The molecular formula is C20H14F3N3O2. The third-order valence-corrected chi connectivity index (χ3v) is 3.87. The molecule has 0 fully saturated rings. The van der Waals surface area contributed by atoms with Crippen LogP contribution in [-0.2, 0) is 0 Å². The van der Waals surface area contributed by atoms with Crippen molar-refractivity contribution in [3.8, 4) is 0 Å². The number of nitrogens with one attached hydrogen (secondary N) is 2. The maximum Gasteiger partial charge on any atom is 0.257 e. The van der Waals surface area contributed by atoms with E-state index >= 15 is 0 Å². The van der Waals surface area contributed by atoms with Gasteiger partial charge >= 0.3 is 0 Å². The third-order valence-electron chi connectivity index (χ3n) is 3.87. The second-order valence-electron chi connectivity index (χ2n) is 5.87. The fourth-order valence-electron chi connectivity index (χ4n) is 2.36. The van der Waals surface area contributed by atoms with Crippen molar-refractivity contribution < 1.29 is 22.8 Å². The summed E-state index contributed by atoms with van der Waals surface area (Å²) in [6.45, 7) is 1.47. The number of carbonyl (C=O) groups is 2. The Balaban J connectivity index is 1.69. The van der Waals surface area contributed by atoms with E-state index in [2.05, 4.69) is 15.6 Å². The van der Waals surface area contributed by atoms with Crippen LogP contribution in [0.1, 0.15) is 27.6 Å². The number of hydrogen-bond acceptors (Lipinski definition) is 4. The Labute approximate surface area is 158 Å². The van der Waals surface area contributed by atoms with Crippen molar-refractivity contribution in [3.63, 3.8) is 0 Å². The van der Waals surface area contributed by atoms with Crippen LogP contribution < -0.4 is 10.6 Å². The highest BCUT2D eigenvalue weighted by molar-refractivity contribution is 6.04. The number of Topliss-reactive ketones (excluding diaryl/α,β-unsaturated/α-hetero) is 1. The summed E-state index contributed by atoms with van der Waals surface area (Å²) in [5.41, 5.74) is 0.895. The minimum absolute atomic E-state index is 0.0440. The van der Waals surface area contributed by atoms with Crippen LogP contribution >= 0.6 is 0 Å². The Morgan fingerprint density at radius 1 is 0.857 bits per heavy atom. The molecule has 0 unspecified atom stereocenters. The normalized spacial score (nSPS) is 10.4. The van der Waals surface area contributed by atoms with Gasteiger partial charge in [0.05, 0.1) is 11.3 Å². The van der Waals surface area contributed by atoms with Crippen LogP contribution in [0.5, 0.6) is 0 Å². The molecule has 5 nitrogen and oxygen atoms in total. The summed E-state index contributed by atoms with van der Waals surface area (Å²) in [5.74, 6) is -4.82. The molecule has 0 spiro atoms. The van der Waals surface area contributed by atoms with Crippen LogP contribution in [0.25, 0.3) is 0 Å². The van der Waals surface area contributed by atoms with Crippen molar-refractivity contribution in [1.82, 2.24) is 4.98 Å². The maximum absolute atomic E-state index is 13.6. The summed E-state index contributed by atoms with van der Waals surface area (Å²) < 4.78 is 39.8. The number of amides is 1. The predicted octanol–water partition coefficient (Wildman–Crippen LogP) is 4.70. The largest absolute Gasteiger partial charge is 0.340 e. The lowest BCUT2D eigenvalue weighted by Crippen LogP contribution is -2.14. The molecule has 0 radical (unpaired) electrons. The van der Waals surface area contributed by atoms with Crippen molar-refractivity contribution in [2.45, 2.75) is 6.92 Å². The lowest BCUT2D eigenvalue weighted by atomic mass is 10.1. The zero-order valence-corrected chi connectivity index (χ0v) is 14.6. The van der Waals surface area contributed by atoms with E-state index in [0.29, 0.717) is 17.1 Å². The first-order valence-electron chi connectivity index (χ1n) is 8.14. The van der Waals surface area contributed by atoms with Gasteiger partial charge in [-0.05, 0) is 55.5 Å². The maximum atomic E-state index is 13.6. The Bertz CT molecular complexity index is 1040. The number of ketones is 1. The highest BCUT2D eigenvalue weighted by Crippen LogP contribution is 2.21. The first kappa shape index (κ1) is 19.1. The standard InChI is InChI=1S/C20H14F3N3O2/c1-11(27)12-2-5-14(6-3-12)25-17-9-4-13(10-24-17)20(28)26-16-8-7-15(21)18(22)19(16)23/h2-10H,1H3,(H,24,25)(H,26,28). The van der Waals surface area contributed by atoms with Crippen LogP contribution in [0.3, 0.4) is 0 Å². The fraction of sp³-hybridized carbons (Fsp3) is 0.0500. The van der Waals surface area contributed by atoms with Gasteiger partial charge in [0, 0.05) is 17.4 Å². The highest BCUT2D eigenvalue weighted by atomic mass is 19.2. The first-order chi connectivity index (χ1) is 13.3. The molecule has 8 heteroatoms. The van der Waals surface area contributed by atoms with E-state index in [1.165, 1.54) is 25.3 Å². The third kappa shape index (κ3) is 4.17. The number of nitrogens with zero attached hydrogens (tertiary/aromatic N) is 1. The van der Waals surface area contributed by atoms with Crippen LogP contribution in [0, 0.1) is 17.5 Å². The molecule has 0 aliphatic heterocycles. The van der Waals surface area contributed by atoms with Crippen molar-refractivity contribution >= 4 is 28.9 Å². The molecule has 0 aliphatic carbocycles. The van der Waals surface area contributed by atoms with Crippen molar-refractivity contribution in [3.05, 3.63) is 83.3 Å². The van der Waals surface area contributed by atoms with E-state index in [9.17, 15) is 22.8 Å². The van der Waals surface area contributed by atoms with Crippen molar-refractivity contribution in [1.29, 1.82) is 0 Å². The number of anilines is 3. The zero-order valence-electron chi connectivity index (χ0n) is 14.6. The zero-order chi connectivity index (χ0) is 20.3. The number of aromatic nitrogens is 1. The topological polar surface area (TPSA) is 71.1 Å². The Morgan fingerprint density at radius 3 is 2.14 bits per heavy atom. The van der Waals surface area contributed by atoms with Gasteiger partial charge in [-0.3, -0.25) is 9.59 Å². The summed E-state index contributed by atoms with van der Waals surface area (Å²) in [6.07, 6.45) is 1.25. The minimum Gasteiger partial charge on any atom is -0.340 e. The molecule has 0 aliphatic rings.